The number of nitrogens with two attached hydrogens (primary N) is 1. The van der Waals surface area contributed by atoms with E-state index in [-0.39, 0.29) is 5.92 Å². The maximum atomic E-state index is 6.07. The second kappa shape index (κ2) is 6.75. The summed E-state index contributed by atoms with van der Waals surface area (Å²) in [6.07, 6.45) is 2.93. The predicted molar refractivity (Wildman–Crippen MR) is 93.3 cm³/mol. The summed E-state index contributed by atoms with van der Waals surface area (Å²) in [5.74, 6) is 1.97. The lowest BCUT2D eigenvalue weighted by atomic mass is 9.91. The minimum absolute atomic E-state index is 0.239. The Kier molecular flexibility index (Phi) is 4.53. The van der Waals surface area contributed by atoms with Crippen LogP contribution in [0.5, 0.6) is 11.5 Å². The summed E-state index contributed by atoms with van der Waals surface area (Å²) >= 11 is 0. The average Bonchev–Trinajstić information content (AvgIpc) is 3.02. The first-order chi connectivity index (χ1) is 11.2. The molecule has 0 aliphatic rings. The molecule has 1 aromatic heterocycles. The lowest BCUT2D eigenvalue weighted by molar-refractivity contribution is 0.414. The zero-order valence-electron chi connectivity index (χ0n) is 13.5. The van der Waals surface area contributed by atoms with Crippen molar-refractivity contribution in [2.45, 2.75) is 12.3 Å². The third-order valence-electron chi connectivity index (χ3n) is 4.26. The fourth-order valence-corrected chi connectivity index (χ4v) is 2.99. The molecular formula is C19H22N2O2. The number of hydrogen-bond donors (Lipinski definition) is 2. The summed E-state index contributed by atoms with van der Waals surface area (Å²) in [6.45, 7) is 0.585. The summed E-state index contributed by atoms with van der Waals surface area (Å²) in [6, 6.07) is 14.2. The number of ether oxygens (including phenoxy) is 2. The van der Waals surface area contributed by atoms with Crippen LogP contribution in [-0.2, 0) is 6.42 Å². The SMILES string of the molecule is COc1cccc(CC(CN)c2c[nH]c3ccc(OC)cc23)c1. The molecule has 0 bridgehead atoms. The van der Waals surface area contributed by atoms with Crippen LogP contribution in [0, 0.1) is 0 Å². The molecule has 2 aromatic carbocycles. The summed E-state index contributed by atoms with van der Waals surface area (Å²) in [5, 5.41) is 1.17. The van der Waals surface area contributed by atoms with E-state index in [1.165, 1.54) is 16.5 Å². The van der Waals surface area contributed by atoms with E-state index < -0.39 is 0 Å². The molecular weight excluding hydrogens is 288 g/mol. The van der Waals surface area contributed by atoms with E-state index in [0.29, 0.717) is 6.54 Å². The first-order valence-electron chi connectivity index (χ1n) is 7.73. The molecule has 0 aliphatic carbocycles. The second-order valence-electron chi connectivity index (χ2n) is 5.64. The maximum Gasteiger partial charge on any atom is 0.119 e. The van der Waals surface area contributed by atoms with Crippen molar-refractivity contribution in [3.8, 4) is 11.5 Å². The van der Waals surface area contributed by atoms with Crippen LogP contribution in [0.25, 0.3) is 10.9 Å². The first kappa shape index (κ1) is 15.4. The molecule has 4 heteroatoms. The lowest BCUT2D eigenvalue weighted by Gasteiger charge is -2.15. The van der Waals surface area contributed by atoms with Gasteiger partial charge in [0.2, 0.25) is 0 Å². The normalized spacial score (nSPS) is 12.3. The Hall–Kier alpha value is -2.46. The van der Waals surface area contributed by atoms with Gasteiger partial charge in [-0.15, -0.1) is 0 Å². The minimum atomic E-state index is 0.239. The van der Waals surface area contributed by atoms with Crippen LogP contribution in [0.1, 0.15) is 17.0 Å². The number of benzene rings is 2. The van der Waals surface area contributed by atoms with Gasteiger partial charge in [-0.3, -0.25) is 0 Å². The highest BCUT2D eigenvalue weighted by Crippen LogP contribution is 2.30. The van der Waals surface area contributed by atoms with Crippen molar-refractivity contribution in [1.82, 2.24) is 4.98 Å². The van der Waals surface area contributed by atoms with Gasteiger partial charge in [-0.25, -0.2) is 0 Å². The van der Waals surface area contributed by atoms with Crippen LogP contribution >= 0.6 is 0 Å². The Morgan fingerprint density at radius 3 is 2.57 bits per heavy atom. The third kappa shape index (κ3) is 3.17. The van der Waals surface area contributed by atoms with Gasteiger partial charge in [-0.2, -0.15) is 0 Å². The highest BCUT2D eigenvalue weighted by atomic mass is 16.5. The van der Waals surface area contributed by atoms with Gasteiger partial charge in [0.25, 0.3) is 0 Å². The van der Waals surface area contributed by atoms with E-state index in [0.717, 1.165) is 23.4 Å². The number of methoxy groups -OCH3 is 2. The van der Waals surface area contributed by atoms with Crippen molar-refractivity contribution >= 4 is 10.9 Å². The Balaban J connectivity index is 1.94. The maximum absolute atomic E-state index is 6.07. The quantitative estimate of drug-likeness (QED) is 0.733. The highest BCUT2D eigenvalue weighted by molar-refractivity contribution is 5.85. The summed E-state index contributed by atoms with van der Waals surface area (Å²) < 4.78 is 10.7. The lowest BCUT2D eigenvalue weighted by Crippen LogP contribution is -2.14. The topological polar surface area (TPSA) is 60.3 Å². The monoisotopic (exact) mass is 310 g/mol. The van der Waals surface area contributed by atoms with Gasteiger partial charge in [0.15, 0.2) is 0 Å². The molecule has 3 N–H and O–H groups in total. The van der Waals surface area contributed by atoms with Crippen molar-refractivity contribution in [3.05, 3.63) is 59.8 Å². The number of hydrogen-bond acceptors (Lipinski definition) is 3. The van der Waals surface area contributed by atoms with Crippen LogP contribution in [-0.4, -0.2) is 25.7 Å². The summed E-state index contributed by atoms with van der Waals surface area (Å²) in [5.41, 5.74) is 9.61. The Morgan fingerprint density at radius 1 is 1.04 bits per heavy atom. The van der Waals surface area contributed by atoms with Gasteiger partial charge in [0, 0.05) is 23.0 Å². The van der Waals surface area contributed by atoms with Crippen molar-refractivity contribution in [1.29, 1.82) is 0 Å². The number of rotatable bonds is 6. The zero-order valence-corrected chi connectivity index (χ0v) is 13.5. The number of aromatic nitrogens is 1. The predicted octanol–water partition coefficient (Wildman–Crippen LogP) is 3.47. The Bertz CT molecular complexity index is 795. The molecule has 1 unspecified atom stereocenters. The molecule has 0 radical (unpaired) electrons. The highest BCUT2D eigenvalue weighted by Gasteiger charge is 2.16. The molecule has 4 nitrogen and oxygen atoms in total. The van der Waals surface area contributed by atoms with E-state index in [2.05, 4.69) is 29.4 Å². The van der Waals surface area contributed by atoms with E-state index in [9.17, 15) is 0 Å². The smallest absolute Gasteiger partial charge is 0.119 e. The summed E-state index contributed by atoms with van der Waals surface area (Å²) in [4.78, 5) is 3.33. The molecule has 3 rings (SSSR count). The zero-order chi connectivity index (χ0) is 16.2. The largest absolute Gasteiger partial charge is 0.497 e. The van der Waals surface area contributed by atoms with Gasteiger partial charge in [0.1, 0.15) is 11.5 Å². The van der Waals surface area contributed by atoms with Gasteiger partial charge in [-0.1, -0.05) is 12.1 Å². The molecule has 0 aliphatic heterocycles. The molecule has 3 aromatic rings. The fraction of sp³-hybridized carbons (Fsp3) is 0.263. The fourth-order valence-electron chi connectivity index (χ4n) is 2.99. The molecule has 1 heterocycles. The first-order valence-corrected chi connectivity index (χ1v) is 7.73. The molecule has 23 heavy (non-hydrogen) atoms. The van der Waals surface area contributed by atoms with E-state index in [1.54, 1.807) is 14.2 Å². The summed E-state index contributed by atoms with van der Waals surface area (Å²) in [7, 11) is 3.37. The molecule has 0 saturated carbocycles. The van der Waals surface area contributed by atoms with Gasteiger partial charge >= 0.3 is 0 Å². The molecule has 120 valence electrons. The molecule has 0 saturated heterocycles. The van der Waals surface area contributed by atoms with Crippen LogP contribution < -0.4 is 15.2 Å². The van der Waals surface area contributed by atoms with Crippen LogP contribution in [0.2, 0.25) is 0 Å². The van der Waals surface area contributed by atoms with E-state index >= 15 is 0 Å². The Morgan fingerprint density at radius 2 is 1.83 bits per heavy atom. The van der Waals surface area contributed by atoms with Crippen molar-refractivity contribution in [2.75, 3.05) is 20.8 Å². The average molecular weight is 310 g/mol. The van der Waals surface area contributed by atoms with Crippen molar-refractivity contribution in [3.63, 3.8) is 0 Å². The number of fused-ring (bicyclic) bond motifs is 1. The van der Waals surface area contributed by atoms with Gasteiger partial charge in [0.05, 0.1) is 14.2 Å². The number of aromatic amines is 1. The van der Waals surface area contributed by atoms with Crippen LogP contribution in [0.4, 0.5) is 0 Å². The van der Waals surface area contributed by atoms with Gasteiger partial charge in [-0.05, 0) is 54.4 Å². The van der Waals surface area contributed by atoms with Crippen LogP contribution in [0.3, 0.4) is 0 Å². The van der Waals surface area contributed by atoms with E-state index in [4.69, 9.17) is 15.2 Å². The second-order valence-corrected chi connectivity index (χ2v) is 5.64. The molecule has 0 spiro atoms. The number of nitrogens with one attached hydrogen (secondary N) is 1. The molecule has 1 atom stereocenters. The van der Waals surface area contributed by atoms with E-state index in [1.807, 2.05) is 24.3 Å². The van der Waals surface area contributed by atoms with Gasteiger partial charge < -0.3 is 20.2 Å². The Labute approximate surface area is 136 Å². The third-order valence-corrected chi connectivity index (χ3v) is 4.26. The minimum Gasteiger partial charge on any atom is -0.497 e. The van der Waals surface area contributed by atoms with Crippen LogP contribution in [0.15, 0.2) is 48.7 Å². The standard InChI is InChI=1S/C19H22N2O2/c1-22-15-5-3-4-13(9-15)8-14(11-20)18-12-21-19-7-6-16(23-2)10-17(18)19/h3-7,9-10,12,14,21H,8,11,20H2,1-2H3. The molecule has 0 amide bonds. The number of H-pyrrole nitrogens is 1. The van der Waals surface area contributed by atoms with Crippen molar-refractivity contribution in [2.24, 2.45) is 5.73 Å². The van der Waals surface area contributed by atoms with Crippen molar-refractivity contribution < 1.29 is 9.47 Å². The molecule has 0 fully saturated rings.